The largest absolute Gasteiger partial charge is 0.378 e. The standard InChI is InChI=1S/C12H18N4O2/c1-13-12(17)16-5-3-4-11(16)7-9-6-10(8-18-2)15-14-9/h3-4,6,11H,5,7-8H2,1-2H3,(H,13,17)(H,14,15). The number of H-pyrrole nitrogens is 1. The van der Waals surface area contributed by atoms with Crippen molar-refractivity contribution < 1.29 is 9.53 Å². The topological polar surface area (TPSA) is 70.2 Å². The van der Waals surface area contributed by atoms with Crippen molar-refractivity contribution in [3.8, 4) is 0 Å². The van der Waals surface area contributed by atoms with Crippen LogP contribution in [0.3, 0.4) is 0 Å². The third-order valence-electron chi connectivity index (χ3n) is 2.94. The van der Waals surface area contributed by atoms with Gasteiger partial charge in [-0.25, -0.2) is 4.79 Å². The molecule has 1 aromatic heterocycles. The number of hydrogen-bond acceptors (Lipinski definition) is 3. The van der Waals surface area contributed by atoms with Crippen molar-refractivity contribution in [2.45, 2.75) is 19.1 Å². The zero-order valence-corrected chi connectivity index (χ0v) is 10.6. The van der Waals surface area contributed by atoms with E-state index in [1.807, 2.05) is 18.2 Å². The Bertz CT molecular complexity index is 441. The fourth-order valence-electron chi connectivity index (χ4n) is 2.08. The first kappa shape index (κ1) is 12.6. The van der Waals surface area contributed by atoms with Gasteiger partial charge < -0.3 is 15.0 Å². The highest BCUT2D eigenvalue weighted by Crippen LogP contribution is 2.15. The van der Waals surface area contributed by atoms with Crippen molar-refractivity contribution in [3.05, 3.63) is 29.6 Å². The lowest BCUT2D eigenvalue weighted by molar-refractivity contribution is 0.181. The van der Waals surface area contributed by atoms with Crippen molar-refractivity contribution in [2.24, 2.45) is 0 Å². The molecule has 1 aromatic rings. The molecular formula is C12H18N4O2. The molecule has 0 radical (unpaired) electrons. The molecule has 0 saturated heterocycles. The average molecular weight is 250 g/mol. The Morgan fingerprint density at radius 1 is 1.72 bits per heavy atom. The zero-order valence-electron chi connectivity index (χ0n) is 10.6. The molecule has 0 aliphatic carbocycles. The summed E-state index contributed by atoms with van der Waals surface area (Å²) in [7, 11) is 3.29. The molecule has 2 N–H and O–H groups in total. The first-order valence-electron chi connectivity index (χ1n) is 5.91. The molecule has 0 bridgehead atoms. The van der Waals surface area contributed by atoms with E-state index in [0.29, 0.717) is 19.6 Å². The SMILES string of the molecule is CNC(=O)N1CC=CC1Cc1cc(COC)[nH]n1. The van der Waals surface area contributed by atoms with Gasteiger partial charge in [0.1, 0.15) is 0 Å². The molecule has 1 aliphatic heterocycles. The fraction of sp³-hybridized carbons (Fsp3) is 0.500. The van der Waals surface area contributed by atoms with Crippen LogP contribution < -0.4 is 5.32 Å². The molecule has 2 heterocycles. The van der Waals surface area contributed by atoms with Crippen molar-refractivity contribution in [1.29, 1.82) is 0 Å². The molecule has 6 heteroatoms. The van der Waals surface area contributed by atoms with Gasteiger partial charge in [0, 0.05) is 27.1 Å². The van der Waals surface area contributed by atoms with Gasteiger partial charge >= 0.3 is 6.03 Å². The van der Waals surface area contributed by atoms with Crippen LogP contribution in [0.25, 0.3) is 0 Å². The lowest BCUT2D eigenvalue weighted by Gasteiger charge is -2.23. The minimum Gasteiger partial charge on any atom is -0.378 e. The van der Waals surface area contributed by atoms with E-state index >= 15 is 0 Å². The van der Waals surface area contributed by atoms with Gasteiger partial charge in [0.05, 0.1) is 24.0 Å². The van der Waals surface area contributed by atoms with Gasteiger partial charge in [-0.15, -0.1) is 0 Å². The van der Waals surface area contributed by atoms with Gasteiger partial charge in [0.2, 0.25) is 0 Å². The lowest BCUT2D eigenvalue weighted by atomic mass is 10.1. The molecule has 2 amide bonds. The van der Waals surface area contributed by atoms with E-state index in [4.69, 9.17) is 4.74 Å². The smallest absolute Gasteiger partial charge is 0.317 e. The minimum absolute atomic E-state index is 0.0577. The number of aromatic nitrogens is 2. The quantitative estimate of drug-likeness (QED) is 0.772. The van der Waals surface area contributed by atoms with Crippen LogP contribution in [-0.2, 0) is 17.8 Å². The molecule has 0 spiro atoms. The number of nitrogens with one attached hydrogen (secondary N) is 2. The van der Waals surface area contributed by atoms with Crippen LogP contribution in [0.15, 0.2) is 18.2 Å². The monoisotopic (exact) mass is 250 g/mol. The summed E-state index contributed by atoms with van der Waals surface area (Å²) in [5.41, 5.74) is 1.88. The molecule has 1 atom stereocenters. The number of methoxy groups -OCH3 is 1. The molecule has 1 aliphatic rings. The van der Waals surface area contributed by atoms with Gasteiger partial charge in [-0.3, -0.25) is 5.10 Å². The van der Waals surface area contributed by atoms with Crippen molar-refractivity contribution in [1.82, 2.24) is 20.4 Å². The molecule has 0 aromatic carbocycles. The van der Waals surface area contributed by atoms with Gasteiger partial charge in [-0.2, -0.15) is 5.10 Å². The predicted octanol–water partition coefficient (Wildman–Crippen LogP) is 0.678. The number of ether oxygens (including phenoxy) is 1. The van der Waals surface area contributed by atoms with Crippen LogP contribution in [0.2, 0.25) is 0 Å². The van der Waals surface area contributed by atoms with E-state index in [1.54, 1.807) is 19.1 Å². The normalized spacial score (nSPS) is 18.3. The molecule has 0 saturated carbocycles. The number of nitrogens with zero attached hydrogens (tertiary/aromatic N) is 2. The van der Waals surface area contributed by atoms with Crippen LogP contribution in [0.5, 0.6) is 0 Å². The number of hydrogen-bond donors (Lipinski definition) is 2. The van der Waals surface area contributed by atoms with Crippen LogP contribution in [0.4, 0.5) is 4.79 Å². The van der Waals surface area contributed by atoms with E-state index < -0.39 is 0 Å². The van der Waals surface area contributed by atoms with Crippen LogP contribution >= 0.6 is 0 Å². The highest BCUT2D eigenvalue weighted by Gasteiger charge is 2.24. The van der Waals surface area contributed by atoms with Gasteiger partial charge in [-0.05, 0) is 6.07 Å². The fourth-order valence-corrected chi connectivity index (χ4v) is 2.08. The number of urea groups is 1. The van der Waals surface area contributed by atoms with Crippen molar-refractivity contribution >= 4 is 6.03 Å². The minimum atomic E-state index is -0.0577. The third-order valence-corrected chi connectivity index (χ3v) is 2.94. The molecule has 0 fully saturated rings. The third kappa shape index (κ3) is 2.70. The summed E-state index contributed by atoms with van der Waals surface area (Å²) >= 11 is 0. The number of carbonyl (C=O) groups excluding carboxylic acids is 1. The second-order valence-corrected chi connectivity index (χ2v) is 4.22. The Balaban J connectivity index is 1.99. The highest BCUT2D eigenvalue weighted by atomic mass is 16.5. The molecule has 2 rings (SSSR count). The zero-order chi connectivity index (χ0) is 13.0. The molecule has 98 valence electrons. The lowest BCUT2D eigenvalue weighted by Crippen LogP contribution is -2.42. The predicted molar refractivity (Wildman–Crippen MR) is 67.1 cm³/mol. The molecule has 1 unspecified atom stereocenters. The molecule has 18 heavy (non-hydrogen) atoms. The van der Waals surface area contributed by atoms with Crippen LogP contribution in [0, 0.1) is 0 Å². The number of carbonyl (C=O) groups is 1. The highest BCUT2D eigenvalue weighted by molar-refractivity contribution is 5.75. The average Bonchev–Trinajstić information content (AvgIpc) is 2.99. The van der Waals surface area contributed by atoms with Gasteiger partial charge in [0.25, 0.3) is 0 Å². The molecule has 6 nitrogen and oxygen atoms in total. The summed E-state index contributed by atoms with van der Waals surface area (Å²) < 4.78 is 5.03. The Labute approximate surface area is 106 Å². The van der Waals surface area contributed by atoms with Crippen LogP contribution in [-0.4, -0.2) is 47.9 Å². The van der Waals surface area contributed by atoms with E-state index in [9.17, 15) is 4.79 Å². The van der Waals surface area contributed by atoms with E-state index in [2.05, 4.69) is 15.5 Å². The Morgan fingerprint density at radius 3 is 3.28 bits per heavy atom. The summed E-state index contributed by atoms with van der Waals surface area (Å²) in [6, 6.07) is 1.99. The Kier molecular flexibility index (Phi) is 3.99. The maximum atomic E-state index is 11.6. The van der Waals surface area contributed by atoms with E-state index in [-0.39, 0.29) is 12.1 Å². The first-order chi connectivity index (χ1) is 8.74. The maximum absolute atomic E-state index is 11.6. The number of aromatic amines is 1. The Morgan fingerprint density at radius 2 is 2.56 bits per heavy atom. The second kappa shape index (κ2) is 5.68. The maximum Gasteiger partial charge on any atom is 0.317 e. The Hall–Kier alpha value is -1.82. The number of rotatable bonds is 4. The van der Waals surface area contributed by atoms with Gasteiger partial charge in [-0.1, -0.05) is 12.2 Å². The second-order valence-electron chi connectivity index (χ2n) is 4.22. The van der Waals surface area contributed by atoms with E-state index in [0.717, 1.165) is 11.4 Å². The first-order valence-corrected chi connectivity index (χ1v) is 5.91. The number of amides is 2. The summed E-state index contributed by atoms with van der Waals surface area (Å²) in [5, 5.41) is 9.79. The van der Waals surface area contributed by atoms with Gasteiger partial charge in [0.15, 0.2) is 0 Å². The van der Waals surface area contributed by atoms with Crippen molar-refractivity contribution in [3.63, 3.8) is 0 Å². The summed E-state index contributed by atoms with van der Waals surface area (Å²) in [4.78, 5) is 13.4. The summed E-state index contributed by atoms with van der Waals surface area (Å²) in [6.45, 7) is 1.17. The summed E-state index contributed by atoms with van der Waals surface area (Å²) in [6.07, 6.45) is 4.76. The van der Waals surface area contributed by atoms with Crippen molar-refractivity contribution in [2.75, 3.05) is 20.7 Å². The molecular weight excluding hydrogens is 232 g/mol. The van der Waals surface area contributed by atoms with Crippen LogP contribution in [0.1, 0.15) is 11.4 Å². The summed E-state index contributed by atoms with van der Waals surface area (Å²) in [5.74, 6) is 0. The van der Waals surface area contributed by atoms with E-state index in [1.165, 1.54) is 0 Å².